The average Bonchev–Trinajstić information content (AvgIpc) is 3.51. The first-order valence-corrected chi connectivity index (χ1v) is 13.8. The van der Waals surface area contributed by atoms with Crippen molar-refractivity contribution in [3.63, 3.8) is 0 Å². The van der Waals surface area contributed by atoms with Crippen molar-refractivity contribution in [1.82, 2.24) is 19.6 Å². The molecule has 222 valence electrons. The minimum absolute atomic E-state index is 0.000436. The summed E-state index contributed by atoms with van der Waals surface area (Å²) in [6.07, 6.45) is 0.792. The Morgan fingerprint density at radius 3 is 2.44 bits per heavy atom. The number of hydrogen-bond acceptors (Lipinski definition) is 9. The number of ether oxygens (including phenoxy) is 2. The number of amides is 2. The van der Waals surface area contributed by atoms with Gasteiger partial charge in [0.05, 0.1) is 23.8 Å². The lowest BCUT2D eigenvalue weighted by Crippen LogP contribution is -2.47. The summed E-state index contributed by atoms with van der Waals surface area (Å²) in [6.45, 7) is 13.4. The largest absolute Gasteiger partial charge is 0.448 e. The molecule has 2 aromatic rings. The van der Waals surface area contributed by atoms with E-state index < -0.39 is 34.0 Å². The quantitative estimate of drug-likeness (QED) is 0.386. The number of fused-ring (bicyclic) bond motifs is 1. The van der Waals surface area contributed by atoms with Gasteiger partial charge in [-0.3, -0.25) is 19.8 Å². The smallest absolute Gasteiger partial charge is 0.436 e. The van der Waals surface area contributed by atoms with E-state index in [1.165, 1.54) is 17.0 Å². The van der Waals surface area contributed by atoms with E-state index in [2.05, 4.69) is 15.3 Å². The minimum atomic E-state index is -0.827. The molecule has 0 atom stereocenters. The highest BCUT2D eigenvalue weighted by atomic mass is 16.6. The second-order valence-electron chi connectivity index (χ2n) is 12.1. The van der Waals surface area contributed by atoms with E-state index in [1.807, 2.05) is 13.8 Å². The van der Waals surface area contributed by atoms with E-state index in [0.29, 0.717) is 17.8 Å². The number of carbonyl (C=O) groups is 3. The van der Waals surface area contributed by atoms with Crippen LogP contribution in [0.1, 0.15) is 81.6 Å². The summed E-state index contributed by atoms with van der Waals surface area (Å²) in [7, 11) is 0. The normalized spacial score (nSPS) is 16.7. The first-order chi connectivity index (χ1) is 19.2. The first-order valence-electron chi connectivity index (χ1n) is 13.8. The molecule has 2 amide bonds. The molecule has 0 saturated carbocycles. The summed E-state index contributed by atoms with van der Waals surface area (Å²) in [5, 5.41) is 19.1. The fourth-order valence-electron chi connectivity index (χ4n) is 5.24. The molecular weight excluding hydrogens is 532 g/mol. The molecule has 0 unspecified atom stereocenters. The summed E-state index contributed by atoms with van der Waals surface area (Å²) >= 11 is 0. The van der Waals surface area contributed by atoms with E-state index in [0.717, 1.165) is 36.2 Å². The molecule has 4 rings (SSSR count). The molecule has 0 aliphatic carbocycles. The van der Waals surface area contributed by atoms with Crippen LogP contribution in [0.2, 0.25) is 0 Å². The van der Waals surface area contributed by atoms with Gasteiger partial charge in [0.2, 0.25) is 0 Å². The van der Waals surface area contributed by atoms with Crippen molar-refractivity contribution < 1.29 is 28.8 Å². The van der Waals surface area contributed by atoms with E-state index in [4.69, 9.17) is 9.47 Å². The number of hydrogen-bond donors (Lipinski definition) is 1. The number of aromatic nitrogens is 2. The monoisotopic (exact) mass is 570 g/mol. The molecule has 13 nitrogen and oxygen atoms in total. The summed E-state index contributed by atoms with van der Waals surface area (Å²) in [4.78, 5) is 54.6. The summed E-state index contributed by atoms with van der Waals surface area (Å²) in [6, 6.07) is 4.54. The standard InChI is InChI=1S/C28H38N6O7/c1-7-40-26(37)33-23(20-16-32(25(36)41-27(2,3)4)17-28(5,6)22(20)30-33)29-24(35)19-11-10-18(14-21(19)34(38)39)15-31-12-8-9-13-31/h10-11,14H,7-9,12-13,15-17H2,1-6H3,(H,29,35). The van der Waals surface area contributed by atoms with Crippen molar-refractivity contribution in [1.29, 1.82) is 0 Å². The number of nitro benzene ring substituents is 1. The zero-order chi connectivity index (χ0) is 30.1. The van der Waals surface area contributed by atoms with Gasteiger partial charge in [0.25, 0.3) is 11.6 Å². The molecule has 1 N–H and O–H groups in total. The molecule has 1 fully saturated rings. The predicted molar refractivity (Wildman–Crippen MR) is 150 cm³/mol. The van der Waals surface area contributed by atoms with Gasteiger partial charge in [-0.25, -0.2) is 9.59 Å². The van der Waals surface area contributed by atoms with Gasteiger partial charge >= 0.3 is 12.2 Å². The van der Waals surface area contributed by atoms with Gasteiger partial charge in [-0.05, 0) is 65.3 Å². The van der Waals surface area contributed by atoms with Gasteiger partial charge in [0, 0.05) is 30.1 Å². The zero-order valence-corrected chi connectivity index (χ0v) is 24.5. The molecule has 0 bridgehead atoms. The molecule has 0 spiro atoms. The topological polar surface area (TPSA) is 149 Å². The van der Waals surface area contributed by atoms with Crippen molar-refractivity contribution in [3.8, 4) is 0 Å². The number of anilines is 1. The fourth-order valence-corrected chi connectivity index (χ4v) is 5.24. The van der Waals surface area contributed by atoms with Crippen molar-refractivity contribution in [2.45, 2.75) is 78.5 Å². The Bertz CT molecular complexity index is 1350. The van der Waals surface area contributed by atoms with Crippen molar-refractivity contribution in [2.75, 3.05) is 31.6 Å². The van der Waals surface area contributed by atoms with Gasteiger partial charge in [-0.2, -0.15) is 5.10 Å². The lowest BCUT2D eigenvalue weighted by atomic mass is 9.83. The predicted octanol–water partition coefficient (Wildman–Crippen LogP) is 4.67. The van der Waals surface area contributed by atoms with E-state index in [1.54, 1.807) is 33.8 Å². The zero-order valence-electron chi connectivity index (χ0n) is 24.5. The van der Waals surface area contributed by atoms with E-state index in [-0.39, 0.29) is 36.8 Å². The molecule has 1 aromatic heterocycles. The Hall–Kier alpha value is -4.00. The number of nitro groups is 1. The molecule has 2 aliphatic heterocycles. The SMILES string of the molecule is CCOC(=O)n1nc2c(c1NC(=O)c1ccc(CN3CCCC3)cc1[N+](=O)[O-])CN(C(=O)OC(C)(C)C)CC2(C)C. The van der Waals surface area contributed by atoms with Crippen LogP contribution in [0.25, 0.3) is 0 Å². The maximum Gasteiger partial charge on any atom is 0.436 e. The Morgan fingerprint density at radius 2 is 1.83 bits per heavy atom. The van der Waals surface area contributed by atoms with E-state index in [9.17, 15) is 24.5 Å². The van der Waals surface area contributed by atoms with Gasteiger partial charge in [-0.1, -0.05) is 19.9 Å². The van der Waals surface area contributed by atoms with Crippen LogP contribution >= 0.6 is 0 Å². The van der Waals surface area contributed by atoms with Crippen LogP contribution in [0.4, 0.5) is 21.1 Å². The fraction of sp³-hybridized carbons (Fsp3) is 0.571. The third kappa shape index (κ3) is 6.67. The van der Waals surface area contributed by atoms with Gasteiger partial charge in [-0.15, -0.1) is 4.68 Å². The highest BCUT2D eigenvalue weighted by Gasteiger charge is 2.42. The lowest BCUT2D eigenvalue weighted by molar-refractivity contribution is -0.385. The van der Waals surface area contributed by atoms with Gasteiger partial charge in [0.1, 0.15) is 17.0 Å². The Balaban J connectivity index is 1.71. The van der Waals surface area contributed by atoms with Crippen LogP contribution in [0.15, 0.2) is 18.2 Å². The second-order valence-corrected chi connectivity index (χ2v) is 12.1. The van der Waals surface area contributed by atoms with Crippen LogP contribution in [-0.4, -0.2) is 74.4 Å². The van der Waals surface area contributed by atoms with Crippen LogP contribution in [0.5, 0.6) is 0 Å². The molecule has 2 aliphatic rings. The van der Waals surface area contributed by atoms with Crippen molar-refractivity contribution in [3.05, 3.63) is 50.7 Å². The number of benzene rings is 1. The summed E-state index contributed by atoms with van der Waals surface area (Å²) in [5.74, 6) is -0.801. The Labute approximate surface area is 238 Å². The Morgan fingerprint density at radius 1 is 1.15 bits per heavy atom. The Kier molecular flexibility index (Phi) is 8.39. The van der Waals surface area contributed by atoms with Crippen molar-refractivity contribution in [2.24, 2.45) is 0 Å². The van der Waals surface area contributed by atoms with E-state index >= 15 is 0 Å². The van der Waals surface area contributed by atoms with Gasteiger partial charge in [0.15, 0.2) is 0 Å². The number of nitrogens with zero attached hydrogens (tertiary/aromatic N) is 5. The van der Waals surface area contributed by atoms with Crippen molar-refractivity contribution >= 4 is 29.6 Å². The second kappa shape index (κ2) is 11.5. The highest BCUT2D eigenvalue weighted by molar-refractivity contribution is 6.07. The molecular formula is C28H38N6O7. The van der Waals surface area contributed by atoms with Crippen LogP contribution < -0.4 is 5.32 Å². The van der Waals surface area contributed by atoms with Gasteiger partial charge < -0.3 is 19.7 Å². The summed E-state index contributed by atoms with van der Waals surface area (Å²) < 4.78 is 11.7. The third-order valence-corrected chi connectivity index (χ3v) is 6.99. The number of carbonyl (C=O) groups excluding carboxylic acids is 3. The molecule has 1 aromatic carbocycles. The average molecular weight is 571 g/mol. The molecule has 41 heavy (non-hydrogen) atoms. The molecule has 13 heteroatoms. The number of likely N-dealkylation sites (tertiary alicyclic amines) is 1. The van der Waals surface area contributed by atoms with Crippen LogP contribution in [-0.2, 0) is 28.0 Å². The maximum absolute atomic E-state index is 13.6. The molecule has 1 saturated heterocycles. The molecule has 0 radical (unpaired) electrons. The third-order valence-electron chi connectivity index (χ3n) is 6.99. The molecule has 3 heterocycles. The lowest BCUT2D eigenvalue weighted by Gasteiger charge is -2.37. The highest BCUT2D eigenvalue weighted by Crippen LogP contribution is 2.38. The minimum Gasteiger partial charge on any atom is -0.448 e. The summed E-state index contributed by atoms with van der Waals surface area (Å²) in [5.41, 5.74) is -0.300. The van der Waals surface area contributed by atoms with Crippen LogP contribution in [0.3, 0.4) is 0 Å². The van der Waals surface area contributed by atoms with Crippen LogP contribution in [0, 0.1) is 10.1 Å². The first kappa shape index (κ1) is 30.0. The number of nitrogens with one attached hydrogen (secondary N) is 1. The number of rotatable bonds is 6. The maximum atomic E-state index is 13.6.